The number of carboxylic acids is 1. The molecule has 1 saturated carbocycles. The molecular formula is C8H10O5. The lowest BCUT2D eigenvalue weighted by molar-refractivity contribution is -0.156. The normalized spacial score (nSPS) is 27.3. The number of carbonyl (C=O) groups is 3. The van der Waals surface area contributed by atoms with Gasteiger partial charge in [-0.3, -0.25) is 14.4 Å². The van der Waals surface area contributed by atoms with Gasteiger partial charge in [0.25, 0.3) is 0 Å². The summed E-state index contributed by atoms with van der Waals surface area (Å²) >= 11 is 0. The van der Waals surface area contributed by atoms with Gasteiger partial charge in [-0.25, -0.2) is 0 Å². The second-order valence-electron chi connectivity index (χ2n) is 2.95. The van der Waals surface area contributed by atoms with Gasteiger partial charge in [0.15, 0.2) is 0 Å². The highest BCUT2D eigenvalue weighted by Crippen LogP contribution is 2.29. The van der Waals surface area contributed by atoms with Crippen molar-refractivity contribution in [2.24, 2.45) is 11.8 Å². The third-order valence-corrected chi connectivity index (χ3v) is 2.22. The summed E-state index contributed by atoms with van der Waals surface area (Å²) in [6.07, 6.45) is 0.380. The second kappa shape index (κ2) is 3.55. The van der Waals surface area contributed by atoms with Gasteiger partial charge in [-0.05, 0) is 6.42 Å². The van der Waals surface area contributed by atoms with Crippen LogP contribution >= 0.6 is 0 Å². The van der Waals surface area contributed by atoms with Gasteiger partial charge in [0.1, 0.15) is 11.7 Å². The molecule has 0 aromatic rings. The van der Waals surface area contributed by atoms with Crippen LogP contribution in [-0.2, 0) is 19.1 Å². The van der Waals surface area contributed by atoms with Crippen molar-refractivity contribution in [3.8, 4) is 0 Å². The molecule has 72 valence electrons. The van der Waals surface area contributed by atoms with Crippen molar-refractivity contribution < 1.29 is 24.2 Å². The maximum absolute atomic E-state index is 11.1. The zero-order valence-electron chi connectivity index (χ0n) is 7.15. The van der Waals surface area contributed by atoms with Crippen LogP contribution < -0.4 is 0 Å². The molecule has 1 aliphatic carbocycles. The van der Waals surface area contributed by atoms with Gasteiger partial charge in [-0.1, -0.05) is 0 Å². The predicted octanol–water partition coefficient (Wildman–Crippen LogP) is -0.161. The average Bonchev–Trinajstić information content (AvgIpc) is 2.46. The molecule has 0 radical (unpaired) electrons. The van der Waals surface area contributed by atoms with E-state index in [4.69, 9.17) is 5.11 Å². The maximum atomic E-state index is 11.1. The molecule has 0 amide bonds. The molecule has 0 aromatic carbocycles. The molecule has 0 bridgehead atoms. The Balaban J connectivity index is 2.83. The van der Waals surface area contributed by atoms with Gasteiger partial charge in [0, 0.05) is 6.42 Å². The number of ether oxygens (including phenoxy) is 1. The Labute approximate surface area is 74.7 Å². The molecule has 5 heteroatoms. The summed E-state index contributed by atoms with van der Waals surface area (Å²) in [5, 5.41) is 8.69. The first kappa shape index (κ1) is 9.70. The van der Waals surface area contributed by atoms with Crippen LogP contribution in [0.2, 0.25) is 0 Å². The van der Waals surface area contributed by atoms with Crippen LogP contribution in [-0.4, -0.2) is 29.9 Å². The molecule has 2 unspecified atom stereocenters. The van der Waals surface area contributed by atoms with Gasteiger partial charge >= 0.3 is 11.9 Å². The van der Waals surface area contributed by atoms with Gasteiger partial charge in [0.2, 0.25) is 0 Å². The second-order valence-corrected chi connectivity index (χ2v) is 2.95. The first-order valence-electron chi connectivity index (χ1n) is 3.91. The Morgan fingerprint density at radius 3 is 2.62 bits per heavy atom. The summed E-state index contributed by atoms with van der Waals surface area (Å²) in [6, 6.07) is 0. The smallest absolute Gasteiger partial charge is 0.317 e. The molecule has 13 heavy (non-hydrogen) atoms. The Kier molecular flexibility index (Phi) is 2.65. The Bertz CT molecular complexity index is 257. The lowest BCUT2D eigenvalue weighted by Crippen LogP contribution is -2.30. The fourth-order valence-corrected chi connectivity index (χ4v) is 1.53. The van der Waals surface area contributed by atoms with Crippen LogP contribution in [0.25, 0.3) is 0 Å². The zero-order chi connectivity index (χ0) is 10.0. The van der Waals surface area contributed by atoms with Crippen LogP contribution in [0.5, 0.6) is 0 Å². The molecule has 1 fully saturated rings. The summed E-state index contributed by atoms with van der Waals surface area (Å²) < 4.78 is 4.36. The quantitative estimate of drug-likeness (QED) is 0.478. The number of esters is 1. The minimum absolute atomic E-state index is 0.150. The van der Waals surface area contributed by atoms with Crippen LogP contribution in [0.3, 0.4) is 0 Å². The van der Waals surface area contributed by atoms with E-state index in [2.05, 4.69) is 4.74 Å². The van der Waals surface area contributed by atoms with Crippen LogP contribution in [0.4, 0.5) is 0 Å². The highest BCUT2D eigenvalue weighted by Gasteiger charge is 2.44. The largest absolute Gasteiger partial charge is 0.481 e. The topological polar surface area (TPSA) is 80.7 Å². The van der Waals surface area contributed by atoms with Gasteiger partial charge in [-0.15, -0.1) is 0 Å². The van der Waals surface area contributed by atoms with Gasteiger partial charge in [-0.2, -0.15) is 0 Å². The molecule has 5 nitrogen and oxygen atoms in total. The highest BCUT2D eigenvalue weighted by molar-refractivity contribution is 6.04. The molecule has 0 saturated heterocycles. The van der Waals surface area contributed by atoms with E-state index in [1.54, 1.807) is 0 Å². The summed E-state index contributed by atoms with van der Waals surface area (Å²) in [4.78, 5) is 32.8. The first-order valence-corrected chi connectivity index (χ1v) is 3.91. The van der Waals surface area contributed by atoms with E-state index >= 15 is 0 Å². The van der Waals surface area contributed by atoms with E-state index in [0.717, 1.165) is 7.11 Å². The molecule has 2 atom stereocenters. The van der Waals surface area contributed by atoms with Crippen molar-refractivity contribution in [2.75, 3.05) is 7.11 Å². The number of hydrogen-bond donors (Lipinski definition) is 1. The molecule has 0 aliphatic heterocycles. The summed E-state index contributed by atoms with van der Waals surface area (Å²) in [5.74, 6) is -4.18. The molecule has 0 heterocycles. The van der Waals surface area contributed by atoms with Crippen molar-refractivity contribution in [1.82, 2.24) is 0 Å². The monoisotopic (exact) mass is 186 g/mol. The van der Waals surface area contributed by atoms with Crippen molar-refractivity contribution in [3.63, 3.8) is 0 Å². The zero-order valence-corrected chi connectivity index (χ0v) is 7.15. The number of methoxy groups -OCH3 is 1. The lowest BCUT2D eigenvalue weighted by Gasteiger charge is -2.10. The SMILES string of the molecule is COC(=O)C1C(=O)CCC1C(=O)O. The van der Waals surface area contributed by atoms with Crippen LogP contribution in [0.15, 0.2) is 0 Å². The van der Waals surface area contributed by atoms with Crippen molar-refractivity contribution in [2.45, 2.75) is 12.8 Å². The van der Waals surface area contributed by atoms with Gasteiger partial charge in [0.05, 0.1) is 13.0 Å². The Morgan fingerprint density at radius 2 is 2.15 bits per heavy atom. The predicted molar refractivity (Wildman–Crippen MR) is 40.9 cm³/mol. The number of hydrogen-bond acceptors (Lipinski definition) is 4. The number of rotatable bonds is 2. The van der Waals surface area contributed by atoms with E-state index < -0.39 is 23.8 Å². The molecular weight excluding hydrogens is 176 g/mol. The van der Waals surface area contributed by atoms with E-state index in [0.29, 0.717) is 0 Å². The fourth-order valence-electron chi connectivity index (χ4n) is 1.53. The highest BCUT2D eigenvalue weighted by atomic mass is 16.5. The van der Waals surface area contributed by atoms with E-state index in [9.17, 15) is 14.4 Å². The van der Waals surface area contributed by atoms with E-state index in [1.165, 1.54) is 0 Å². The number of aliphatic carboxylic acids is 1. The van der Waals surface area contributed by atoms with Crippen molar-refractivity contribution >= 4 is 17.7 Å². The summed E-state index contributed by atoms with van der Waals surface area (Å²) in [5.41, 5.74) is 0. The summed E-state index contributed by atoms with van der Waals surface area (Å²) in [7, 11) is 1.15. The Hall–Kier alpha value is -1.39. The molecule has 1 rings (SSSR count). The first-order chi connectivity index (χ1) is 6.07. The molecule has 0 aromatic heterocycles. The number of carboxylic acid groups (broad SMARTS) is 1. The fraction of sp³-hybridized carbons (Fsp3) is 0.625. The molecule has 0 spiro atoms. The number of Topliss-reactive ketones (excluding diaryl/α,β-unsaturated/α-hetero) is 1. The average molecular weight is 186 g/mol. The summed E-state index contributed by atoms with van der Waals surface area (Å²) in [6.45, 7) is 0. The van der Waals surface area contributed by atoms with Crippen molar-refractivity contribution in [3.05, 3.63) is 0 Å². The minimum Gasteiger partial charge on any atom is -0.481 e. The third-order valence-electron chi connectivity index (χ3n) is 2.22. The third kappa shape index (κ3) is 1.68. The Morgan fingerprint density at radius 1 is 1.54 bits per heavy atom. The minimum atomic E-state index is -1.11. The molecule has 1 N–H and O–H groups in total. The van der Waals surface area contributed by atoms with Crippen LogP contribution in [0, 0.1) is 11.8 Å². The number of ketones is 1. The van der Waals surface area contributed by atoms with Crippen LogP contribution in [0.1, 0.15) is 12.8 Å². The standard InChI is InChI=1S/C8H10O5/c1-13-8(12)6-4(7(10)11)2-3-5(6)9/h4,6H,2-3H2,1H3,(H,10,11). The molecule has 1 aliphatic rings. The van der Waals surface area contributed by atoms with E-state index in [-0.39, 0.29) is 18.6 Å². The van der Waals surface area contributed by atoms with E-state index in [1.807, 2.05) is 0 Å². The van der Waals surface area contributed by atoms with Gasteiger partial charge < -0.3 is 9.84 Å². The van der Waals surface area contributed by atoms with Crippen molar-refractivity contribution in [1.29, 1.82) is 0 Å². The number of carbonyl (C=O) groups excluding carboxylic acids is 2. The maximum Gasteiger partial charge on any atom is 0.317 e. The lowest BCUT2D eigenvalue weighted by atomic mass is 9.96.